The fourth-order valence-corrected chi connectivity index (χ4v) is 4.28. The number of rotatable bonds is 11. The Morgan fingerprint density at radius 3 is 2.48 bits per heavy atom. The number of thioether (sulfide) groups is 1. The summed E-state index contributed by atoms with van der Waals surface area (Å²) >= 11 is 7.37. The van der Waals surface area contributed by atoms with Crippen LogP contribution in [-0.4, -0.2) is 41.1 Å². The summed E-state index contributed by atoms with van der Waals surface area (Å²) in [5.41, 5.74) is 1.49. The molecule has 0 bridgehead atoms. The molecule has 0 saturated carbocycles. The normalized spacial score (nSPS) is 12.8. The largest absolute Gasteiger partial charge is 0.352 e. The predicted octanol–water partition coefficient (Wildman–Crippen LogP) is 5.09. The van der Waals surface area contributed by atoms with E-state index in [2.05, 4.69) is 5.32 Å². The van der Waals surface area contributed by atoms with Crippen molar-refractivity contribution in [2.24, 2.45) is 0 Å². The van der Waals surface area contributed by atoms with Crippen LogP contribution >= 0.6 is 23.4 Å². The summed E-state index contributed by atoms with van der Waals surface area (Å²) in [6.45, 7) is 6.12. The molecule has 2 aromatic carbocycles. The molecule has 0 fully saturated rings. The molecule has 4 nitrogen and oxygen atoms in total. The highest BCUT2D eigenvalue weighted by atomic mass is 35.5. The Bertz CT molecular complexity index is 846. The molecule has 2 amide bonds. The van der Waals surface area contributed by atoms with Gasteiger partial charge in [0.2, 0.25) is 11.8 Å². The first kappa shape index (κ1) is 25.2. The fraction of sp³-hybridized carbons (Fsp3) is 0.417. The fourth-order valence-electron chi connectivity index (χ4n) is 3.03. The van der Waals surface area contributed by atoms with E-state index in [9.17, 15) is 14.0 Å². The third-order valence-electron chi connectivity index (χ3n) is 5.19. The van der Waals surface area contributed by atoms with Crippen molar-refractivity contribution in [2.45, 2.75) is 51.4 Å². The van der Waals surface area contributed by atoms with E-state index < -0.39 is 6.04 Å². The van der Waals surface area contributed by atoms with Crippen LogP contribution in [0.4, 0.5) is 4.39 Å². The summed E-state index contributed by atoms with van der Waals surface area (Å²) in [4.78, 5) is 27.3. The summed E-state index contributed by atoms with van der Waals surface area (Å²) in [6, 6.07) is 13.8. The molecule has 0 aliphatic rings. The molecule has 0 spiro atoms. The molecule has 0 aromatic heterocycles. The van der Waals surface area contributed by atoms with Crippen molar-refractivity contribution in [3.05, 3.63) is 70.5 Å². The van der Waals surface area contributed by atoms with Crippen LogP contribution < -0.4 is 5.32 Å². The number of carbonyl (C=O) groups excluding carboxylic acids is 2. The van der Waals surface area contributed by atoms with Crippen LogP contribution in [-0.2, 0) is 21.8 Å². The quantitative estimate of drug-likeness (QED) is 0.504. The Kier molecular flexibility index (Phi) is 10.3. The molecule has 2 rings (SSSR count). The summed E-state index contributed by atoms with van der Waals surface area (Å²) in [7, 11) is 0. The monoisotopic (exact) mass is 464 g/mol. The second-order valence-electron chi connectivity index (χ2n) is 7.51. The van der Waals surface area contributed by atoms with Gasteiger partial charge < -0.3 is 10.2 Å². The summed E-state index contributed by atoms with van der Waals surface area (Å²) in [5, 5.41) is 3.30. The molecule has 0 unspecified atom stereocenters. The first-order valence-electron chi connectivity index (χ1n) is 10.5. The molecule has 0 aliphatic heterocycles. The Morgan fingerprint density at radius 2 is 1.84 bits per heavy atom. The summed E-state index contributed by atoms with van der Waals surface area (Å²) in [6.07, 6.45) is 1.47. The van der Waals surface area contributed by atoms with Crippen molar-refractivity contribution < 1.29 is 14.0 Å². The SMILES string of the molecule is CC[C@H](C)NC(=O)[C@@H](C)N(CCc1ccccc1)C(=O)CSCc1c(F)cccc1Cl. The smallest absolute Gasteiger partial charge is 0.242 e. The number of hydrogen-bond donors (Lipinski definition) is 1. The highest BCUT2D eigenvalue weighted by Gasteiger charge is 2.26. The van der Waals surface area contributed by atoms with Crippen molar-refractivity contribution >= 4 is 35.2 Å². The number of nitrogens with zero attached hydrogens (tertiary/aromatic N) is 1. The van der Waals surface area contributed by atoms with Gasteiger partial charge in [-0.3, -0.25) is 9.59 Å². The standard InChI is InChI=1S/C24H30ClFN2O2S/c1-4-17(2)27-24(30)18(3)28(14-13-19-9-6-5-7-10-19)23(29)16-31-15-20-21(25)11-8-12-22(20)26/h5-12,17-18H,4,13-16H2,1-3H3,(H,27,30)/t17-,18+/m0/s1. The van der Waals surface area contributed by atoms with E-state index in [0.29, 0.717) is 23.6 Å². The Labute approximate surface area is 193 Å². The van der Waals surface area contributed by atoms with Crippen molar-refractivity contribution in [1.82, 2.24) is 10.2 Å². The van der Waals surface area contributed by atoms with Crippen LogP contribution in [0.25, 0.3) is 0 Å². The molecule has 0 saturated heterocycles. The van der Waals surface area contributed by atoms with E-state index in [-0.39, 0.29) is 35.2 Å². The average Bonchev–Trinajstić information content (AvgIpc) is 2.76. The predicted molar refractivity (Wildman–Crippen MR) is 127 cm³/mol. The van der Waals surface area contributed by atoms with E-state index in [1.165, 1.54) is 17.8 Å². The molecule has 2 atom stereocenters. The second kappa shape index (κ2) is 12.7. The van der Waals surface area contributed by atoms with Crippen molar-refractivity contribution in [2.75, 3.05) is 12.3 Å². The van der Waals surface area contributed by atoms with Crippen LogP contribution in [0, 0.1) is 5.82 Å². The molecular formula is C24H30ClFN2O2S. The lowest BCUT2D eigenvalue weighted by molar-refractivity contribution is -0.138. The molecule has 0 radical (unpaired) electrons. The highest BCUT2D eigenvalue weighted by Crippen LogP contribution is 2.24. The maximum absolute atomic E-state index is 14.0. The first-order chi connectivity index (χ1) is 14.8. The highest BCUT2D eigenvalue weighted by molar-refractivity contribution is 7.99. The minimum atomic E-state index is -0.595. The lowest BCUT2D eigenvalue weighted by atomic mass is 10.1. The van der Waals surface area contributed by atoms with Gasteiger partial charge in [0.1, 0.15) is 11.9 Å². The van der Waals surface area contributed by atoms with Crippen molar-refractivity contribution in [3.63, 3.8) is 0 Å². The lowest BCUT2D eigenvalue weighted by Crippen LogP contribution is -2.51. The number of halogens is 2. The maximum atomic E-state index is 14.0. The molecule has 168 valence electrons. The van der Waals surface area contributed by atoms with Crippen molar-refractivity contribution in [1.29, 1.82) is 0 Å². The summed E-state index contributed by atoms with van der Waals surface area (Å²) < 4.78 is 14.0. The second-order valence-corrected chi connectivity index (χ2v) is 8.90. The van der Waals surface area contributed by atoms with Crippen LogP contribution in [0.3, 0.4) is 0 Å². The van der Waals surface area contributed by atoms with Gasteiger partial charge in [-0.15, -0.1) is 11.8 Å². The molecular weight excluding hydrogens is 435 g/mol. The van der Waals surface area contributed by atoms with Gasteiger partial charge >= 0.3 is 0 Å². The molecule has 2 aromatic rings. The number of benzene rings is 2. The zero-order valence-electron chi connectivity index (χ0n) is 18.2. The van der Waals surface area contributed by atoms with Gasteiger partial charge in [-0.1, -0.05) is 54.9 Å². The topological polar surface area (TPSA) is 49.4 Å². The van der Waals surface area contributed by atoms with E-state index in [1.807, 2.05) is 44.2 Å². The third kappa shape index (κ3) is 7.86. The lowest BCUT2D eigenvalue weighted by Gasteiger charge is -2.29. The number of carbonyl (C=O) groups is 2. The zero-order chi connectivity index (χ0) is 22.8. The van der Waals surface area contributed by atoms with Gasteiger partial charge in [0.05, 0.1) is 5.75 Å². The first-order valence-corrected chi connectivity index (χ1v) is 12.0. The van der Waals surface area contributed by atoms with E-state index >= 15 is 0 Å². The molecule has 1 N–H and O–H groups in total. The number of nitrogens with one attached hydrogen (secondary N) is 1. The van der Waals surface area contributed by atoms with Crippen LogP contribution in [0.15, 0.2) is 48.5 Å². The molecule has 31 heavy (non-hydrogen) atoms. The number of amides is 2. The zero-order valence-corrected chi connectivity index (χ0v) is 19.8. The minimum absolute atomic E-state index is 0.0404. The van der Waals surface area contributed by atoms with E-state index in [0.717, 1.165) is 12.0 Å². The Balaban J connectivity index is 2.04. The Hall–Kier alpha value is -2.05. The Morgan fingerprint density at radius 1 is 1.13 bits per heavy atom. The molecule has 0 heterocycles. The number of hydrogen-bond acceptors (Lipinski definition) is 3. The van der Waals surface area contributed by atoms with Crippen molar-refractivity contribution in [3.8, 4) is 0 Å². The third-order valence-corrected chi connectivity index (χ3v) is 6.48. The van der Waals surface area contributed by atoms with Gasteiger partial charge in [0.25, 0.3) is 0 Å². The van der Waals surface area contributed by atoms with Gasteiger partial charge in [0, 0.05) is 28.9 Å². The average molecular weight is 465 g/mol. The minimum Gasteiger partial charge on any atom is -0.352 e. The van der Waals surface area contributed by atoms with Gasteiger partial charge in [-0.05, 0) is 44.4 Å². The van der Waals surface area contributed by atoms with Crippen LogP contribution in [0.2, 0.25) is 5.02 Å². The van der Waals surface area contributed by atoms with Gasteiger partial charge in [-0.2, -0.15) is 0 Å². The van der Waals surface area contributed by atoms with Crippen LogP contribution in [0.5, 0.6) is 0 Å². The van der Waals surface area contributed by atoms with Gasteiger partial charge in [0.15, 0.2) is 0 Å². The van der Waals surface area contributed by atoms with E-state index in [1.54, 1.807) is 24.0 Å². The summed E-state index contributed by atoms with van der Waals surface area (Å²) in [5.74, 6) is -0.273. The van der Waals surface area contributed by atoms with E-state index in [4.69, 9.17) is 11.6 Å². The van der Waals surface area contributed by atoms with Gasteiger partial charge in [-0.25, -0.2) is 4.39 Å². The maximum Gasteiger partial charge on any atom is 0.242 e. The molecule has 7 heteroatoms. The molecule has 0 aliphatic carbocycles. The van der Waals surface area contributed by atoms with Crippen LogP contribution in [0.1, 0.15) is 38.3 Å².